The number of fused-ring (bicyclic) bond motifs is 1. The van der Waals surface area contributed by atoms with Gasteiger partial charge >= 0.3 is 0 Å². The Balaban J connectivity index is 1.87. The van der Waals surface area contributed by atoms with Crippen LogP contribution in [0.5, 0.6) is 0 Å². The van der Waals surface area contributed by atoms with E-state index in [9.17, 15) is 0 Å². The second-order valence-corrected chi connectivity index (χ2v) is 4.98. The van der Waals surface area contributed by atoms with Crippen LogP contribution >= 0.6 is 11.8 Å². The maximum atomic E-state index is 4.53. The van der Waals surface area contributed by atoms with E-state index in [1.54, 1.807) is 18.0 Å². The first-order chi connectivity index (χ1) is 9.35. The van der Waals surface area contributed by atoms with E-state index >= 15 is 0 Å². The van der Waals surface area contributed by atoms with Crippen molar-refractivity contribution in [2.75, 3.05) is 11.6 Å². The van der Waals surface area contributed by atoms with Crippen LogP contribution in [0.3, 0.4) is 0 Å². The summed E-state index contributed by atoms with van der Waals surface area (Å²) in [5.41, 5.74) is 2.82. The van der Waals surface area contributed by atoms with Gasteiger partial charge in [0.05, 0.1) is 17.2 Å². The number of rotatable bonds is 3. The molecule has 1 N–H and O–H groups in total. The molecule has 0 saturated carbocycles. The van der Waals surface area contributed by atoms with Gasteiger partial charge in [0.2, 0.25) is 0 Å². The average Bonchev–Trinajstić information content (AvgIpc) is 2.48. The molecule has 0 radical (unpaired) electrons. The summed E-state index contributed by atoms with van der Waals surface area (Å²) in [5.74, 6) is 0.760. The Morgan fingerprint density at radius 1 is 0.947 bits per heavy atom. The number of nitrogens with one attached hydrogen (secondary N) is 1. The van der Waals surface area contributed by atoms with Crippen molar-refractivity contribution >= 4 is 34.3 Å². The fourth-order valence-electron chi connectivity index (χ4n) is 1.84. The predicted octanol–water partition coefficient (Wildman–Crippen LogP) is 4.10. The molecule has 0 spiro atoms. The van der Waals surface area contributed by atoms with Gasteiger partial charge in [0.25, 0.3) is 0 Å². The van der Waals surface area contributed by atoms with Crippen molar-refractivity contribution in [3.63, 3.8) is 0 Å². The van der Waals surface area contributed by atoms with Crippen LogP contribution in [0.15, 0.2) is 59.6 Å². The fraction of sp³-hybridized carbons (Fsp3) is 0.0667. The van der Waals surface area contributed by atoms with Crippen LogP contribution in [0.1, 0.15) is 0 Å². The average molecular weight is 267 g/mol. The lowest BCUT2D eigenvalue weighted by Gasteiger charge is -2.06. The smallest absolute Gasteiger partial charge is 0.149 e. The molecular formula is C15H13N3S. The molecule has 19 heavy (non-hydrogen) atoms. The van der Waals surface area contributed by atoms with Crippen molar-refractivity contribution < 1.29 is 0 Å². The van der Waals surface area contributed by atoms with Gasteiger partial charge in [-0.1, -0.05) is 12.1 Å². The number of hydrogen-bond donors (Lipinski definition) is 1. The minimum atomic E-state index is 0.760. The first-order valence-corrected chi connectivity index (χ1v) is 7.20. The number of nitrogens with zero attached hydrogens (tertiary/aromatic N) is 2. The quantitative estimate of drug-likeness (QED) is 0.725. The molecule has 4 heteroatoms. The zero-order chi connectivity index (χ0) is 13.1. The van der Waals surface area contributed by atoms with Gasteiger partial charge in [0, 0.05) is 10.6 Å². The van der Waals surface area contributed by atoms with Gasteiger partial charge in [-0.15, -0.1) is 11.8 Å². The van der Waals surface area contributed by atoms with E-state index in [2.05, 4.69) is 33.7 Å². The lowest BCUT2D eigenvalue weighted by atomic mass is 10.3. The van der Waals surface area contributed by atoms with Gasteiger partial charge in [0.15, 0.2) is 0 Å². The summed E-state index contributed by atoms with van der Waals surface area (Å²) < 4.78 is 0. The first-order valence-electron chi connectivity index (χ1n) is 5.98. The predicted molar refractivity (Wildman–Crippen MR) is 81.0 cm³/mol. The largest absolute Gasteiger partial charge is 0.339 e. The van der Waals surface area contributed by atoms with Gasteiger partial charge in [-0.2, -0.15) is 0 Å². The molecule has 0 bridgehead atoms. The minimum Gasteiger partial charge on any atom is -0.339 e. The molecule has 3 rings (SSSR count). The Morgan fingerprint density at radius 3 is 2.42 bits per heavy atom. The Labute approximate surface area is 116 Å². The fourth-order valence-corrected chi connectivity index (χ4v) is 2.25. The second kappa shape index (κ2) is 5.28. The van der Waals surface area contributed by atoms with Crippen molar-refractivity contribution in [1.82, 2.24) is 9.97 Å². The van der Waals surface area contributed by atoms with Gasteiger partial charge in [-0.05, 0) is 42.7 Å². The number of benzene rings is 2. The third-order valence-corrected chi connectivity index (χ3v) is 3.55. The van der Waals surface area contributed by atoms with E-state index in [0.717, 1.165) is 22.5 Å². The molecule has 1 aromatic heterocycles. The highest BCUT2D eigenvalue weighted by Gasteiger charge is 2.00. The summed E-state index contributed by atoms with van der Waals surface area (Å²) in [5, 5.41) is 3.26. The molecule has 0 aliphatic heterocycles. The molecule has 3 nitrogen and oxygen atoms in total. The minimum absolute atomic E-state index is 0.760. The monoisotopic (exact) mass is 267 g/mol. The van der Waals surface area contributed by atoms with Crippen molar-refractivity contribution in [3.8, 4) is 0 Å². The maximum absolute atomic E-state index is 4.53. The zero-order valence-electron chi connectivity index (χ0n) is 10.5. The molecular weight excluding hydrogens is 254 g/mol. The summed E-state index contributed by atoms with van der Waals surface area (Å²) in [6.07, 6.45) is 3.82. The van der Waals surface area contributed by atoms with Gasteiger partial charge in [0.1, 0.15) is 5.82 Å². The summed E-state index contributed by atoms with van der Waals surface area (Å²) in [4.78, 5) is 10.2. The molecule has 3 aromatic rings. The highest BCUT2D eigenvalue weighted by Crippen LogP contribution is 2.20. The number of para-hydroxylation sites is 2. The second-order valence-electron chi connectivity index (χ2n) is 4.10. The number of thioether (sulfide) groups is 1. The van der Waals surface area contributed by atoms with E-state index in [-0.39, 0.29) is 0 Å². The summed E-state index contributed by atoms with van der Waals surface area (Å²) in [6, 6.07) is 16.1. The molecule has 0 amide bonds. The van der Waals surface area contributed by atoms with E-state index in [1.807, 2.05) is 36.4 Å². The molecule has 0 saturated heterocycles. The molecule has 0 fully saturated rings. The maximum Gasteiger partial charge on any atom is 0.149 e. The highest BCUT2D eigenvalue weighted by molar-refractivity contribution is 7.98. The van der Waals surface area contributed by atoms with Gasteiger partial charge < -0.3 is 5.32 Å². The van der Waals surface area contributed by atoms with Crippen LogP contribution in [0.2, 0.25) is 0 Å². The molecule has 1 heterocycles. The van der Waals surface area contributed by atoms with Crippen LogP contribution in [0.4, 0.5) is 11.5 Å². The summed E-state index contributed by atoms with van der Waals surface area (Å²) >= 11 is 1.73. The molecule has 0 atom stereocenters. The van der Waals surface area contributed by atoms with Crippen LogP contribution < -0.4 is 5.32 Å². The van der Waals surface area contributed by atoms with Crippen LogP contribution in [0, 0.1) is 0 Å². The molecule has 0 aliphatic carbocycles. The third kappa shape index (κ3) is 2.69. The Kier molecular flexibility index (Phi) is 3.33. The molecule has 2 aromatic carbocycles. The number of aromatic nitrogens is 2. The number of hydrogen-bond acceptors (Lipinski definition) is 4. The summed E-state index contributed by atoms with van der Waals surface area (Å²) in [7, 11) is 0. The first kappa shape index (κ1) is 12.0. The van der Waals surface area contributed by atoms with Crippen molar-refractivity contribution in [3.05, 3.63) is 54.7 Å². The zero-order valence-corrected chi connectivity index (χ0v) is 11.3. The van der Waals surface area contributed by atoms with Gasteiger partial charge in [-0.25, -0.2) is 4.98 Å². The Bertz CT molecular complexity index is 695. The van der Waals surface area contributed by atoms with Crippen LogP contribution in [-0.2, 0) is 0 Å². The molecule has 94 valence electrons. The molecule has 0 aliphatic rings. The summed E-state index contributed by atoms with van der Waals surface area (Å²) in [6.45, 7) is 0. The topological polar surface area (TPSA) is 37.8 Å². The normalized spacial score (nSPS) is 10.6. The Hall–Kier alpha value is -2.07. The lowest BCUT2D eigenvalue weighted by molar-refractivity contribution is 1.28. The van der Waals surface area contributed by atoms with Gasteiger partial charge in [-0.3, -0.25) is 4.98 Å². The van der Waals surface area contributed by atoms with Crippen LogP contribution in [0.25, 0.3) is 11.0 Å². The van der Waals surface area contributed by atoms with E-state index < -0.39 is 0 Å². The Morgan fingerprint density at radius 2 is 1.68 bits per heavy atom. The third-order valence-electron chi connectivity index (χ3n) is 2.81. The van der Waals surface area contributed by atoms with Crippen molar-refractivity contribution in [1.29, 1.82) is 0 Å². The van der Waals surface area contributed by atoms with E-state index in [1.165, 1.54) is 4.90 Å². The lowest BCUT2D eigenvalue weighted by Crippen LogP contribution is -1.95. The SMILES string of the molecule is CSc1ccc(Nc2cnc3ccccc3n2)cc1. The number of anilines is 2. The molecule has 0 unspecified atom stereocenters. The van der Waals surface area contributed by atoms with Crippen LogP contribution in [-0.4, -0.2) is 16.2 Å². The van der Waals surface area contributed by atoms with Crippen molar-refractivity contribution in [2.45, 2.75) is 4.90 Å². The van der Waals surface area contributed by atoms with Crippen molar-refractivity contribution in [2.24, 2.45) is 0 Å². The van der Waals surface area contributed by atoms with E-state index in [0.29, 0.717) is 0 Å². The van der Waals surface area contributed by atoms with E-state index in [4.69, 9.17) is 0 Å². The standard InChI is InChI=1S/C15H13N3S/c1-19-12-8-6-11(7-9-12)17-15-10-16-13-4-2-3-5-14(13)18-15/h2-10H,1H3,(H,17,18). The highest BCUT2D eigenvalue weighted by atomic mass is 32.2.